The van der Waals surface area contributed by atoms with Crippen molar-refractivity contribution in [2.24, 2.45) is 5.73 Å². The lowest BCUT2D eigenvalue weighted by atomic mass is 9.94. The Balaban J connectivity index is 2.65. The minimum absolute atomic E-state index is 0.0905. The van der Waals surface area contributed by atoms with Crippen molar-refractivity contribution in [2.45, 2.75) is 37.8 Å². The number of hydrogen-bond acceptors (Lipinski definition) is 4. The van der Waals surface area contributed by atoms with E-state index in [4.69, 9.17) is 10.5 Å². The topological polar surface area (TPSA) is 41.7 Å². The number of hydrogen-bond donors (Lipinski definition) is 1. The predicted molar refractivity (Wildman–Crippen MR) is 72.2 cm³/mol. The van der Waals surface area contributed by atoms with Gasteiger partial charge in [0.05, 0.1) is 0 Å². The van der Waals surface area contributed by atoms with Crippen LogP contribution < -0.4 is 5.73 Å². The summed E-state index contributed by atoms with van der Waals surface area (Å²) in [4.78, 5) is 4.88. The van der Waals surface area contributed by atoms with Crippen LogP contribution in [0.1, 0.15) is 26.2 Å². The summed E-state index contributed by atoms with van der Waals surface area (Å²) >= 11 is 0. The number of ether oxygens (including phenoxy) is 1. The van der Waals surface area contributed by atoms with Gasteiger partial charge in [-0.05, 0) is 46.8 Å². The second-order valence-corrected chi connectivity index (χ2v) is 5.70. The van der Waals surface area contributed by atoms with Gasteiger partial charge in [-0.15, -0.1) is 0 Å². The van der Waals surface area contributed by atoms with Crippen LogP contribution in [-0.2, 0) is 4.74 Å². The molecule has 0 radical (unpaired) electrons. The summed E-state index contributed by atoms with van der Waals surface area (Å²) in [5.74, 6) is 0. The van der Waals surface area contributed by atoms with Crippen LogP contribution in [0.25, 0.3) is 0 Å². The standard InChI is InChI=1S/C13H29N3O/c1-13(11-14,7-9-17-4)16-8-5-6-12(16)10-15(2)3/h12H,5-11,14H2,1-4H3. The average Bonchev–Trinajstić information content (AvgIpc) is 2.73. The maximum Gasteiger partial charge on any atom is 0.0480 e. The van der Waals surface area contributed by atoms with Gasteiger partial charge in [0, 0.05) is 38.4 Å². The fraction of sp³-hybridized carbons (Fsp3) is 1.00. The zero-order chi connectivity index (χ0) is 12.9. The highest BCUT2D eigenvalue weighted by atomic mass is 16.5. The molecule has 17 heavy (non-hydrogen) atoms. The third-order valence-corrected chi connectivity index (χ3v) is 3.93. The molecule has 0 aromatic rings. The molecule has 1 aliphatic heterocycles. The van der Waals surface area contributed by atoms with Gasteiger partial charge in [-0.3, -0.25) is 4.90 Å². The molecule has 2 atom stereocenters. The summed E-state index contributed by atoms with van der Waals surface area (Å²) < 4.78 is 5.22. The van der Waals surface area contributed by atoms with Gasteiger partial charge in [0.25, 0.3) is 0 Å². The summed E-state index contributed by atoms with van der Waals surface area (Å²) in [5.41, 5.74) is 6.10. The van der Waals surface area contributed by atoms with Crippen molar-refractivity contribution < 1.29 is 4.74 Å². The highest BCUT2D eigenvalue weighted by Gasteiger charge is 2.38. The number of likely N-dealkylation sites (tertiary alicyclic amines) is 1. The lowest BCUT2D eigenvalue weighted by molar-refractivity contribution is 0.0500. The lowest BCUT2D eigenvalue weighted by Gasteiger charge is -2.42. The van der Waals surface area contributed by atoms with E-state index in [9.17, 15) is 0 Å². The van der Waals surface area contributed by atoms with Gasteiger partial charge in [0.15, 0.2) is 0 Å². The second kappa shape index (κ2) is 6.69. The van der Waals surface area contributed by atoms with Crippen molar-refractivity contribution in [1.82, 2.24) is 9.80 Å². The maximum absolute atomic E-state index is 6.01. The second-order valence-electron chi connectivity index (χ2n) is 5.70. The van der Waals surface area contributed by atoms with E-state index in [1.165, 1.54) is 19.4 Å². The van der Waals surface area contributed by atoms with Crippen LogP contribution in [-0.4, -0.2) is 68.8 Å². The van der Waals surface area contributed by atoms with E-state index in [0.29, 0.717) is 12.6 Å². The van der Waals surface area contributed by atoms with E-state index < -0.39 is 0 Å². The van der Waals surface area contributed by atoms with E-state index in [1.807, 2.05) is 0 Å². The van der Waals surface area contributed by atoms with E-state index in [0.717, 1.165) is 19.6 Å². The molecule has 1 fully saturated rings. The fourth-order valence-corrected chi connectivity index (χ4v) is 2.84. The summed E-state index contributed by atoms with van der Waals surface area (Å²) in [5, 5.41) is 0. The molecule has 0 saturated carbocycles. The Kier molecular flexibility index (Phi) is 5.86. The monoisotopic (exact) mass is 243 g/mol. The minimum Gasteiger partial charge on any atom is -0.385 e. The summed E-state index contributed by atoms with van der Waals surface area (Å²) in [7, 11) is 6.05. The van der Waals surface area contributed by atoms with Crippen molar-refractivity contribution in [3.05, 3.63) is 0 Å². The van der Waals surface area contributed by atoms with Crippen LogP contribution in [0.2, 0.25) is 0 Å². The number of nitrogens with two attached hydrogens (primary N) is 1. The summed E-state index contributed by atoms with van der Waals surface area (Å²) in [6.45, 7) is 6.08. The highest BCUT2D eigenvalue weighted by Crippen LogP contribution is 2.29. The van der Waals surface area contributed by atoms with Crippen molar-refractivity contribution >= 4 is 0 Å². The van der Waals surface area contributed by atoms with Gasteiger partial charge in [0.1, 0.15) is 0 Å². The van der Waals surface area contributed by atoms with Gasteiger partial charge < -0.3 is 15.4 Å². The van der Waals surface area contributed by atoms with Crippen molar-refractivity contribution in [1.29, 1.82) is 0 Å². The Morgan fingerprint density at radius 3 is 2.71 bits per heavy atom. The Morgan fingerprint density at radius 2 is 2.18 bits per heavy atom. The fourth-order valence-electron chi connectivity index (χ4n) is 2.84. The molecule has 1 heterocycles. The molecular weight excluding hydrogens is 214 g/mol. The highest BCUT2D eigenvalue weighted by molar-refractivity contribution is 4.95. The average molecular weight is 243 g/mol. The Bertz CT molecular complexity index is 223. The van der Waals surface area contributed by atoms with E-state index in [1.54, 1.807) is 7.11 Å². The molecule has 0 amide bonds. The Hall–Kier alpha value is -0.160. The van der Waals surface area contributed by atoms with Crippen LogP contribution in [0.5, 0.6) is 0 Å². The van der Waals surface area contributed by atoms with Crippen LogP contribution in [0.4, 0.5) is 0 Å². The first-order chi connectivity index (χ1) is 8.03. The molecule has 102 valence electrons. The van der Waals surface area contributed by atoms with Gasteiger partial charge in [-0.25, -0.2) is 0 Å². The predicted octanol–water partition coefficient (Wildman–Crippen LogP) is 0.766. The van der Waals surface area contributed by atoms with Crippen molar-refractivity contribution in [3.63, 3.8) is 0 Å². The number of methoxy groups -OCH3 is 1. The first-order valence-corrected chi connectivity index (χ1v) is 6.64. The Morgan fingerprint density at radius 1 is 1.47 bits per heavy atom. The molecule has 0 aromatic heterocycles. The molecule has 0 aromatic carbocycles. The quantitative estimate of drug-likeness (QED) is 0.717. The molecule has 1 rings (SSSR count). The number of likely N-dealkylation sites (N-methyl/N-ethyl adjacent to an activating group) is 1. The first-order valence-electron chi connectivity index (χ1n) is 6.64. The van der Waals surface area contributed by atoms with Crippen LogP contribution in [0, 0.1) is 0 Å². The number of rotatable bonds is 7. The van der Waals surface area contributed by atoms with Crippen molar-refractivity contribution in [3.8, 4) is 0 Å². The lowest BCUT2D eigenvalue weighted by Crippen LogP contribution is -2.56. The third kappa shape index (κ3) is 3.91. The zero-order valence-corrected chi connectivity index (χ0v) is 11.9. The molecule has 4 heteroatoms. The number of nitrogens with zero attached hydrogens (tertiary/aromatic N) is 2. The first kappa shape index (κ1) is 14.9. The van der Waals surface area contributed by atoms with Gasteiger partial charge in [-0.1, -0.05) is 0 Å². The van der Waals surface area contributed by atoms with Crippen LogP contribution in [0.3, 0.4) is 0 Å². The molecule has 0 spiro atoms. The van der Waals surface area contributed by atoms with Gasteiger partial charge in [0.2, 0.25) is 0 Å². The largest absolute Gasteiger partial charge is 0.385 e. The van der Waals surface area contributed by atoms with E-state index in [2.05, 4.69) is 30.8 Å². The van der Waals surface area contributed by atoms with E-state index >= 15 is 0 Å². The van der Waals surface area contributed by atoms with E-state index in [-0.39, 0.29) is 5.54 Å². The third-order valence-electron chi connectivity index (χ3n) is 3.93. The molecule has 0 aliphatic carbocycles. The van der Waals surface area contributed by atoms with Gasteiger partial charge >= 0.3 is 0 Å². The minimum atomic E-state index is 0.0905. The summed E-state index contributed by atoms with van der Waals surface area (Å²) in [6.07, 6.45) is 3.60. The molecule has 2 N–H and O–H groups in total. The van der Waals surface area contributed by atoms with Crippen molar-refractivity contribution in [2.75, 3.05) is 47.4 Å². The molecule has 1 aliphatic rings. The maximum atomic E-state index is 6.01. The molecule has 0 bridgehead atoms. The van der Waals surface area contributed by atoms with Crippen LogP contribution in [0.15, 0.2) is 0 Å². The van der Waals surface area contributed by atoms with Gasteiger partial charge in [-0.2, -0.15) is 0 Å². The smallest absolute Gasteiger partial charge is 0.0480 e. The zero-order valence-electron chi connectivity index (χ0n) is 11.9. The summed E-state index contributed by atoms with van der Waals surface area (Å²) in [6, 6.07) is 0.649. The molecule has 4 nitrogen and oxygen atoms in total. The SMILES string of the molecule is COCCC(C)(CN)N1CCCC1CN(C)C. The van der Waals surface area contributed by atoms with Crippen LogP contribution >= 0.6 is 0 Å². The molecule has 2 unspecified atom stereocenters. The normalized spacial score (nSPS) is 25.4. The molecule has 1 saturated heterocycles. The Labute approximate surface area is 106 Å². The molecular formula is C13H29N3O.